The highest BCUT2D eigenvalue weighted by molar-refractivity contribution is 6.30. The summed E-state index contributed by atoms with van der Waals surface area (Å²) in [5.74, 6) is 0.670. The van der Waals surface area contributed by atoms with Gasteiger partial charge in [-0.3, -0.25) is 0 Å². The summed E-state index contributed by atoms with van der Waals surface area (Å²) in [6.45, 7) is 3.07. The fourth-order valence-corrected chi connectivity index (χ4v) is 3.28. The lowest BCUT2D eigenvalue weighted by Crippen LogP contribution is -2.47. The average molecular weight is 369 g/mol. The monoisotopic (exact) mass is 368 g/mol. The Bertz CT molecular complexity index is 875. The summed E-state index contributed by atoms with van der Waals surface area (Å²) >= 11 is 5.92. The number of piperazine rings is 1. The lowest BCUT2D eigenvalue weighted by Gasteiger charge is -2.36. The third-order valence-corrected chi connectivity index (χ3v) is 4.84. The summed E-state index contributed by atoms with van der Waals surface area (Å²) in [7, 11) is 0. The Hall–Kier alpha value is -2.66. The van der Waals surface area contributed by atoms with Gasteiger partial charge < -0.3 is 9.80 Å². The summed E-state index contributed by atoms with van der Waals surface area (Å²) in [5, 5.41) is 9.40. The quantitative estimate of drug-likeness (QED) is 0.691. The van der Waals surface area contributed by atoms with Crippen molar-refractivity contribution in [1.29, 1.82) is 0 Å². The van der Waals surface area contributed by atoms with Crippen LogP contribution in [0.5, 0.6) is 0 Å². The highest BCUT2D eigenvalue weighted by Gasteiger charge is 2.20. The predicted octanol–water partition coefficient (Wildman–Crippen LogP) is 4.26. The van der Waals surface area contributed by atoms with E-state index in [0.717, 1.165) is 43.3 Å². The van der Waals surface area contributed by atoms with E-state index in [1.54, 1.807) is 6.07 Å². The van der Waals surface area contributed by atoms with Crippen LogP contribution in [0.15, 0.2) is 60.7 Å². The second-order valence-electron chi connectivity index (χ2n) is 6.21. The van der Waals surface area contributed by atoms with Crippen LogP contribution >= 0.6 is 11.6 Å². The van der Waals surface area contributed by atoms with E-state index in [1.807, 2.05) is 48.5 Å². The second kappa shape index (κ2) is 7.30. The Kier molecular flexibility index (Phi) is 4.71. The fourth-order valence-electron chi connectivity index (χ4n) is 3.15. The van der Waals surface area contributed by atoms with Crippen LogP contribution in [-0.2, 0) is 0 Å². The van der Waals surface area contributed by atoms with E-state index in [-0.39, 0.29) is 5.82 Å². The number of nitrogens with zero attached hydrogens (tertiary/aromatic N) is 4. The molecule has 0 bridgehead atoms. The van der Waals surface area contributed by atoms with E-state index < -0.39 is 0 Å². The van der Waals surface area contributed by atoms with Gasteiger partial charge in [0.15, 0.2) is 5.82 Å². The molecular formula is C20H18ClFN4. The van der Waals surface area contributed by atoms with E-state index in [9.17, 15) is 4.39 Å². The topological polar surface area (TPSA) is 32.3 Å². The van der Waals surface area contributed by atoms with Crippen molar-refractivity contribution in [2.45, 2.75) is 0 Å². The first-order valence-electron chi connectivity index (χ1n) is 8.55. The van der Waals surface area contributed by atoms with Crippen LogP contribution in [-0.4, -0.2) is 36.4 Å². The number of hydrogen-bond acceptors (Lipinski definition) is 4. The molecule has 0 aliphatic carbocycles. The zero-order valence-corrected chi connectivity index (χ0v) is 14.9. The number of anilines is 2. The molecule has 1 aliphatic rings. The van der Waals surface area contributed by atoms with Crippen molar-refractivity contribution in [1.82, 2.24) is 10.2 Å². The molecule has 0 spiro atoms. The first kappa shape index (κ1) is 16.8. The molecule has 0 amide bonds. The van der Waals surface area contributed by atoms with Crippen LogP contribution in [0, 0.1) is 5.82 Å². The Morgan fingerprint density at radius 3 is 2.12 bits per heavy atom. The van der Waals surface area contributed by atoms with E-state index in [2.05, 4.69) is 20.0 Å². The first-order valence-corrected chi connectivity index (χ1v) is 8.92. The summed E-state index contributed by atoms with van der Waals surface area (Å²) in [5.41, 5.74) is 2.46. The van der Waals surface area contributed by atoms with E-state index in [0.29, 0.717) is 10.7 Å². The predicted molar refractivity (Wildman–Crippen MR) is 103 cm³/mol. The van der Waals surface area contributed by atoms with Crippen molar-refractivity contribution in [2.24, 2.45) is 0 Å². The molecule has 0 atom stereocenters. The Morgan fingerprint density at radius 1 is 0.769 bits per heavy atom. The summed E-state index contributed by atoms with van der Waals surface area (Å²) in [6, 6.07) is 18.4. The van der Waals surface area contributed by atoms with Crippen LogP contribution in [0.2, 0.25) is 5.02 Å². The minimum atomic E-state index is -0.173. The van der Waals surface area contributed by atoms with Crippen LogP contribution in [0.4, 0.5) is 15.9 Å². The smallest absolute Gasteiger partial charge is 0.151 e. The molecule has 1 aliphatic heterocycles. The zero-order chi connectivity index (χ0) is 17.9. The lowest BCUT2D eigenvalue weighted by atomic mass is 10.1. The van der Waals surface area contributed by atoms with Gasteiger partial charge in [0, 0.05) is 36.8 Å². The molecule has 2 heterocycles. The van der Waals surface area contributed by atoms with Gasteiger partial charge in [-0.25, -0.2) is 4.39 Å². The molecular weight excluding hydrogens is 351 g/mol. The summed E-state index contributed by atoms with van der Waals surface area (Å²) in [6.07, 6.45) is 0. The van der Waals surface area contributed by atoms with Crippen molar-refractivity contribution in [2.75, 3.05) is 36.0 Å². The van der Waals surface area contributed by atoms with Gasteiger partial charge in [-0.05, 0) is 36.4 Å². The van der Waals surface area contributed by atoms with Crippen LogP contribution in [0.25, 0.3) is 11.3 Å². The molecule has 0 unspecified atom stereocenters. The molecule has 6 heteroatoms. The molecule has 132 valence electrons. The number of para-hydroxylation sites is 1. The van der Waals surface area contributed by atoms with Gasteiger partial charge in [0.1, 0.15) is 5.82 Å². The minimum absolute atomic E-state index is 0.173. The van der Waals surface area contributed by atoms with Crippen LogP contribution < -0.4 is 9.80 Å². The number of rotatable bonds is 3. The Morgan fingerprint density at radius 2 is 1.46 bits per heavy atom. The highest BCUT2D eigenvalue weighted by atomic mass is 35.5. The van der Waals surface area contributed by atoms with E-state index in [1.165, 1.54) is 6.07 Å². The molecule has 1 fully saturated rings. The molecule has 0 saturated carbocycles. The third-order valence-electron chi connectivity index (χ3n) is 4.59. The maximum absolute atomic E-state index is 13.9. The third kappa shape index (κ3) is 3.48. The zero-order valence-electron chi connectivity index (χ0n) is 14.1. The molecule has 0 radical (unpaired) electrons. The van der Waals surface area contributed by atoms with E-state index >= 15 is 0 Å². The largest absolute Gasteiger partial charge is 0.366 e. The van der Waals surface area contributed by atoms with Gasteiger partial charge in [-0.1, -0.05) is 35.9 Å². The van der Waals surface area contributed by atoms with Gasteiger partial charge in [-0.15, -0.1) is 10.2 Å². The molecule has 1 saturated heterocycles. The Labute approximate surface area is 156 Å². The molecule has 26 heavy (non-hydrogen) atoms. The normalized spacial score (nSPS) is 14.5. The van der Waals surface area contributed by atoms with Crippen LogP contribution in [0.1, 0.15) is 0 Å². The van der Waals surface area contributed by atoms with Gasteiger partial charge in [0.05, 0.1) is 11.4 Å². The average Bonchev–Trinajstić information content (AvgIpc) is 2.69. The first-order chi connectivity index (χ1) is 12.7. The number of aromatic nitrogens is 2. The maximum Gasteiger partial charge on any atom is 0.151 e. The van der Waals surface area contributed by atoms with Gasteiger partial charge >= 0.3 is 0 Å². The van der Waals surface area contributed by atoms with Crippen LogP contribution in [0.3, 0.4) is 0 Å². The molecule has 1 aromatic heterocycles. The lowest BCUT2D eigenvalue weighted by molar-refractivity contribution is 0.595. The SMILES string of the molecule is Fc1ccccc1N1CCN(c2ccc(-c3ccc(Cl)cc3)nn2)CC1. The molecule has 0 N–H and O–H groups in total. The molecule has 4 rings (SSSR count). The number of benzene rings is 2. The number of halogens is 2. The molecule has 3 aromatic rings. The van der Waals surface area contributed by atoms with Crippen molar-refractivity contribution >= 4 is 23.1 Å². The summed E-state index contributed by atoms with van der Waals surface area (Å²) < 4.78 is 13.9. The molecule has 2 aromatic carbocycles. The van der Waals surface area contributed by atoms with Crippen molar-refractivity contribution < 1.29 is 4.39 Å². The fraction of sp³-hybridized carbons (Fsp3) is 0.200. The standard InChI is InChI=1S/C20H18ClFN4/c21-16-7-5-15(6-8-16)18-9-10-20(24-23-18)26-13-11-25(12-14-26)19-4-2-1-3-17(19)22/h1-10H,11-14H2. The van der Waals surface area contributed by atoms with E-state index in [4.69, 9.17) is 11.6 Å². The van der Waals surface area contributed by atoms with Crippen molar-refractivity contribution in [3.8, 4) is 11.3 Å². The Balaban J connectivity index is 1.43. The highest BCUT2D eigenvalue weighted by Crippen LogP contribution is 2.23. The minimum Gasteiger partial charge on any atom is -0.366 e. The van der Waals surface area contributed by atoms with Gasteiger partial charge in [0.25, 0.3) is 0 Å². The van der Waals surface area contributed by atoms with Crippen molar-refractivity contribution in [3.63, 3.8) is 0 Å². The maximum atomic E-state index is 13.9. The molecule has 4 nitrogen and oxygen atoms in total. The van der Waals surface area contributed by atoms with Crippen molar-refractivity contribution in [3.05, 3.63) is 71.5 Å². The summed E-state index contributed by atoms with van der Waals surface area (Å²) in [4.78, 5) is 4.25. The number of hydrogen-bond donors (Lipinski definition) is 0. The van der Waals surface area contributed by atoms with Gasteiger partial charge in [-0.2, -0.15) is 0 Å². The van der Waals surface area contributed by atoms with Gasteiger partial charge in [0.2, 0.25) is 0 Å². The second-order valence-corrected chi connectivity index (χ2v) is 6.65.